The van der Waals surface area contributed by atoms with Crippen molar-refractivity contribution < 1.29 is 18.3 Å². The molecule has 104 valence electrons. The van der Waals surface area contributed by atoms with Gasteiger partial charge < -0.3 is 5.11 Å². The highest BCUT2D eigenvalue weighted by Gasteiger charge is 2.29. The number of carbonyl (C=O) groups is 1. The van der Waals surface area contributed by atoms with E-state index >= 15 is 0 Å². The van der Waals surface area contributed by atoms with Crippen LogP contribution >= 0.6 is 22.6 Å². The fourth-order valence-electron chi connectivity index (χ4n) is 2.22. The van der Waals surface area contributed by atoms with Gasteiger partial charge in [0.15, 0.2) is 0 Å². The van der Waals surface area contributed by atoms with E-state index in [1.165, 1.54) is 12.1 Å². The average Bonchev–Trinajstić information content (AvgIpc) is 2.85. The quantitative estimate of drug-likeness (QED) is 0.768. The van der Waals surface area contributed by atoms with Gasteiger partial charge in [0.1, 0.15) is 0 Å². The minimum Gasteiger partial charge on any atom is -0.478 e. The molecule has 1 aromatic carbocycles. The lowest BCUT2D eigenvalue weighted by molar-refractivity contribution is 0.0698. The molecule has 0 heterocycles. The molecule has 0 saturated heterocycles. The lowest BCUT2D eigenvalue weighted by atomic mass is 10.2. The summed E-state index contributed by atoms with van der Waals surface area (Å²) < 4.78 is 27.5. The summed E-state index contributed by atoms with van der Waals surface area (Å²) in [4.78, 5) is 11.1. The first kappa shape index (κ1) is 14.6. The normalized spacial score (nSPS) is 16.5. The molecule has 2 rings (SSSR count). The number of carboxylic acid groups (broad SMARTS) is 1. The zero-order valence-electron chi connectivity index (χ0n) is 10.1. The average molecular weight is 395 g/mol. The van der Waals surface area contributed by atoms with Crippen LogP contribution in [0.5, 0.6) is 0 Å². The van der Waals surface area contributed by atoms with Gasteiger partial charge in [-0.15, -0.1) is 0 Å². The van der Waals surface area contributed by atoms with Gasteiger partial charge in [0.2, 0.25) is 10.0 Å². The zero-order valence-corrected chi connectivity index (χ0v) is 13.1. The van der Waals surface area contributed by atoms with Gasteiger partial charge in [-0.05, 0) is 53.6 Å². The summed E-state index contributed by atoms with van der Waals surface area (Å²) in [6, 6.07) is 4.63. The first-order valence-corrected chi connectivity index (χ1v) is 8.57. The zero-order chi connectivity index (χ0) is 14.0. The largest absolute Gasteiger partial charge is 0.478 e. The van der Waals surface area contributed by atoms with E-state index in [1.54, 1.807) is 6.07 Å². The molecule has 2 N–H and O–H groups in total. The Morgan fingerprint density at radius 1 is 1.32 bits per heavy atom. The molecule has 0 aromatic heterocycles. The molecule has 0 radical (unpaired) electrons. The van der Waals surface area contributed by atoms with Crippen molar-refractivity contribution in [3.63, 3.8) is 0 Å². The van der Waals surface area contributed by atoms with Crippen LogP contribution in [0.25, 0.3) is 0 Å². The van der Waals surface area contributed by atoms with Gasteiger partial charge in [-0.2, -0.15) is 0 Å². The highest BCUT2D eigenvalue weighted by atomic mass is 127. The van der Waals surface area contributed by atoms with E-state index in [0.29, 0.717) is 12.8 Å². The molecule has 1 aromatic rings. The third-order valence-electron chi connectivity index (χ3n) is 3.21. The van der Waals surface area contributed by atoms with Crippen molar-refractivity contribution in [3.8, 4) is 0 Å². The van der Waals surface area contributed by atoms with Crippen molar-refractivity contribution in [2.45, 2.75) is 30.9 Å². The van der Waals surface area contributed by atoms with Crippen molar-refractivity contribution in [1.29, 1.82) is 0 Å². The van der Waals surface area contributed by atoms with Crippen molar-refractivity contribution in [1.82, 2.24) is 0 Å². The lowest BCUT2D eigenvalue weighted by Gasteiger charge is -2.15. The van der Waals surface area contributed by atoms with E-state index in [2.05, 4.69) is 4.72 Å². The number of hydrogen-bond acceptors (Lipinski definition) is 3. The fourth-order valence-corrected chi connectivity index (χ4v) is 4.31. The maximum Gasteiger partial charge on any atom is 0.337 e. The first-order valence-electron chi connectivity index (χ1n) is 5.94. The fraction of sp³-hybridized carbons (Fsp3) is 0.417. The minimum absolute atomic E-state index is 0.0199. The van der Waals surface area contributed by atoms with Crippen molar-refractivity contribution in [2.75, 3.05) is 4.72 Å². The molecular weight excluding hydrogens is 381 g/mol. The van der Waals surface area contributed by atoms with E-state index in [4.69, 9.17) is 5.11 Å². The molecule has 5 nitrogen and oxygen atoms in total. The summed E-state index contributed by atoms with van der Waals surface area (Å²) in [7, 11) is -3.50. The first-order chi connectivity index (χ1) is 8.90. The number of carboxylic acids is 1. The van der Waals surface area contributed by atoms with Gasteiger partial charge in [0.05, 0.1) is 16.5 Å². The number of rotatable bonds is 4. The molecule has 0 atom stereocenters. The van der Waals surface area contributed by atoms with E-state index in [0.717, 1.165) is 16.4 Å². The summed E-state index contributed by atoms with van der Waals surface area (Å²) in [5.41, 5.74) is 0.119. The Balaban J connectivity index is 2.30. The van der Waals surface area contributed by atoms with Gasteiger partial charge in [-0.1, -0.05) is 12.8 Å². The van der Waals surface area contributed by atoms with Crippen LogP contribution in [0, 0.1) is 3.57 Å². The molecular formula is C12H14INO4S. The van der Waals surface area contributed by atoms with E-state index in [9.17, 15) is 13.2 Å². The summed E-state index contributed by atoms with van der Waals surface area (Å²) in [5.74, 6) is -1.14. The monoisotopic (exact) mass is 395 g/mol. The van der Waals surface area contributed by atoms with Gasteiger partial charge >= 0.3 is 5.97 Å². The lowest BCUT2D eigenvalue weighted by Crippen LogP contribution is -2.26. The second-order valence-electron chi connectivity index (χ2n) is 4.55. The van der Waals surface area contributed by atoms with Crippen LogP contribution in [0.15, 0.2) is 18.2 Å². The molecule has 1 aliphatic carbocycles. The Morgan fingerprint density at radius 3 is 2.53 bits per heavy atom. The van der Waals surface area contributed by atoms with Crippen LogP contribution in [-0.4, -0.2) is 24.7 Å². The Morgan fingerprint density at radius 2 is 1.95 bits per heavy atom. The van der Waals surface area contributed by atoms with Gasteiger partial charge in [-0.25, -0.2) is 13.2 Å². The maximum absolute atomic E-state index is 12.2. The molecule has 0 spiro atoms. The molecule has 1 aliphatic rings. The van der Waals surface area contributed by atoms with Crippen LogP contribution in [0.4, 0.5) is 5.69 Å². The SMILES string of the molecule is O=C(O)c1cc(I)ccc1NS(=O)(=O)C1CCCC1. The molecule has 0 unspecified atom stereocenters. The molecule has 0 bridgehead atoms. The molecule has 0 amide bonds. The second-order valence-corrected chi connectivity index (χ2v) is 7.76. The Hall–Kier alpha value is -0.830. The number of aromatic carboxylic acids is 1. The minimum atomic E-state index is -3.50. The van der Waals surface area contributed by atoms with Crippen molar-refractivity contribution >= 4 is 44.3 Å². The summed E-state index contributed by atoms with van der Waals surface area (Å²) in [6.07, 6.45) is 3.10. The predicted molar refractivity (Wildman–Crippen MR) is 80.9 cm³/mol. The van der Waals surface area contributed by atoms with Crippen LogP contribution in [-0.2, 0) is 10.0 Å². The number of hydrogen-bond donors (Lipinski definition) is 2. The molecule has 7 heteroatoms. The van der Waals surface area contributed by atoms with Crippen LogP contribution in [0.2, 0.25) is 0 Å². The molecule has 0 aliphatic heterocycles. The molecule has 19 heavy (non-hydrogen) atoms. The predicted octanol–water partition coefficient (Wildman–Crippen LogP) is 2.67. The molecule has 1 fully saturated rings. The van der Waals surface area contributed by atoms with Crippen LogP contribution in [0.1, 0.15) is 36.0 Å². The van der Waals surface area contributed by atoms with E-state index in [-0.39, 0.29) is 11.3 Å². The van der Waals surface area contributed by atoms with Crippen LogP contribution < -0.4 is 4.72 Å². The maximum atomic E-state index is 12.2. The summed E-state index contributed by atoms with van der Waals surface area (Å²) in [5, 5.41) is 8.71. The number of halogens is 1. The Labute approximate surface area is 125 Å². The van der Waals surface area contributed by atoms with E-state index < -0.39 is 21.2 Å². The number of benzene rings is 1. The number of anilines is 1. The number of sulfonamides is 1. The van der Waals surface area contributed by atoms with Gasteiger partial charge in [0.25, 0.3) is 0 Å². The van der Waals surface area contributed by atoms with Gasteiger partial charge in [0, 0.05) is 3.57 Å². The van der Waals surface area contributed by atoms with Crippen molar-refractivity contribution in [3.05, 3.63) is 27.3 Å². The summed E-state index contributed by atoms with van der Waals surface area (Å²) in [6.45, 7) is 0. The van der Waals surface area contributed by atoms with E-state index in [1.807, 2.05) is 22.6 Å². The third kappa shape index (κ3) is 3.38. The molecule has 1 saturated carbocycles. The highest BCUT2D eigenvalue weighted by molar-refractivity contribution is 14.1. The standard InChI is InChI=1S/C12H14INO4S/c13-8-5-6-11(10(7-8)12(15)16)14-19(17,18)9-3-1-2-4-9/h5-7,9,14H,1-4H2,(H,15,16). The smallest absolute Gasteiger partial charge is 0.337 e. The third-order valence-corrected chi connectivity index (χ3v) is 5.73. The highest BCUT2D eigenvalue weighted by Crippen LogP contribution is 2.27. The van der Waals surface area contributed by atoms with Gasteiger partial charge in [-0.3, -0.25) is 4.72 Å². The Kier molecular flexibility index (Phi) is 4.34. The topological polar surface area (TPSA) is 83.5 Å². The van der Waals surface area contributed by atoms with Crippen molar-refractivity contribution in [2.24, 2.45) is 0 Å². The van der Waals surface area contributed by atoms with Crippen LogP contribution in [0.3, 0.4) is 0 Å². The Bertz CT molecular complexity index is 594. The number of nitrogens with one attached hydrogen (secondary N) is 1. The summed E-state index contributed by atoms with van der Waals surface area (Å²) >= 11 is 1.99. The second kappa shape index (κ2) is 5.66.